The molecule has 2 aromatic rings. The highest BCUT2D eigenvalue weighted by atomic mass is 32.1. The van der Waals surface area contributed by atoms with E-state index in [1.807, 2.05) is 0 Å². The van der Waals surface area contributed by atoms with Crippen molar-refractivity contribution in [2.75, 3.05) is 0 Å². The van der Waals surface area contributed by atoms with Gasteiger partial charge in [-0.25, -0.2) is 4.98 Å². The molecule has 14 heavy (non-hydrogen) atoms. The number of carboxylic acid groups (broad SMARTS) is 1. The van der Waals surface area contributed by atoms with E-state index in [2.05, 4.69) is 4.98 Å². The number of phenolic OH excluding ortho intramolecular Hbond substituents is 1. The molecule has 0 aliphatic rings. The maximum absolute atomic E-state index is 10.5. The third-order valence-corrected chi connectivity index (χ3v) is 2.67. The quantitative estimate of drug-likeness (QED) is 0.788. The Morgan fingerprint density at radius 2 is 2.29 bits per heavy atom. The first-order chi connectivity index (χ1) is 6.66. The smallest absolute Gasteiger partial charge is 0.307 e. The minimum Gasteiger partial charge on any atom is -0.508 e. The summed E-state index contributed by atoms with van der Waals surface area (Å²) in [6, 6.07) is 3.15. The molecule has 1 aromatic heterocycles. The zero-order valence-corrected chi connectivity index (χ0v) is 7.91. The van der Waals surface area contributed by atoms with Crippen molar-refractivity contribution in [2.24, 2.45) is 0 Å². The van der Waals surface area contributed by atoms with Gasteiger partial charge in [-0.2, -0.15) is 0 Å². The molecule has 1 heterocycles. The van der Waals surface area contributed by atoms with Crippen LogP contribution in [0.1, 0.15) is 5.56 Å². The maximum Gasteiger partial charge on any atom is 0.307 e. The number of nitrogens with zero attached hydrogens (tertiary/aromatic N) is 1. The molecule has 0 unspecified atom stereocenters. The Balaban J connectivity index is 2.53. The average Bonchev–Trinajstić information content (AvgIpc) is 2.51. The number of hydrogen-bond acceptors (Lipinski definition) is 4. The molecule has 0 saturated carbocycles. The van der Waals surface area contributed by atoms with Crippen molar-refractivity contribution >= 4 is 27.5 Å². The molecule has 0 spiro atoms. The fraction of sp³-hybridized carbons (Fsp3) is 0.111. The Hall–Kier alpha value is -1.62. The SMILES string of the molecule is O=C(O)Cc1cc2scnc2cc1O. The van der Waals surface area contributed by atoms with Gasteiger partial charge in [0.25, 0.3) is 0 Å². The molecule has 0 radical (unpaired) electrons. The molecule has 0 amide bonds. The van der Waals surface area contributed by atoms with Crippen molar-refractivity contribution in [3.8, 4) is 5.75 Å². The lowest BCUT2D eigenvalue weighted by Crippen LogP contribution is -1.99. The van der Waals surface area contributed by atoms with Gasteiger partial charge in [-0.1, -0.05) is 0 Å². The van der Waals surface area contributed by atoms with Gasteiger partial charge in [-0.15, -0.1) is 11.3 Å². The van der Waals surface area contributed by atoms with Crippen LogP contribution >= 0.6 is 11.3 Å². The summed E-state index contributed by atoms with van der Waals surface area (Å²) in [6.45, 7) is 0. The second-order valence-electron chi connectivity index (χ2n) is 2.87. The third-order valence-electron chi connectivity index (χ3n) is 1.87. The summed E-state index contributed by atoms with van der Waals surface area (Å²) < 4.78 is 0.888. The normalized spacial score (nSPS) is 10.6. The average molecular weight is 209 g/mol. The second-order valence-corrected chi connectivity index (χ2v) is 3.76. The van der Waals surface area contributed by atoms with E-state index in [9.17, 15) is 9.90 Å². The van der Waals surface area contributed by atoms with Crippen molar-refractivity contribution in [2.45, 2.75) is 6.42 Å². The number of phenols is 1. The molecular weight excluding hydrogens is 202 g/mol. The minimum absolute atomic E-state index is 0.00852. The number of aromatic hydroxyl groups is 1. The van der Waals surface area contributed by atoms with Gasteiger partial charge in [0, 0.05) is 11.6 Å². The molecule has 4 nitrogen and oxygen atoms in total. The van der Waals surface area contributed by atoms with E-state index < -0.39 is 5.97 Å². The van der Waals surface area contributed by atoms with E-state index in [0.29, 0.717) is 11.1 Å². The van der Waals surface area contributed by atoms with Gasteiger partial charge in [0.15, 0.2) is 0 Å². The van der Waals surface area contributed by atoms with Crippen molar-refractivity contribution in [1.29, 1.82) is 0 Å². The zero-order chi connectivity index (χ0) is 10.1. The molecule has 0 atom stereocenters. The van der Waals surface area contributed by atoms with E-state index in [1.54, 1.807) is 11.6 Å². The number of rotatable bonds is 2. The van der Waals surface area contributed by atoms with Crippen LogP contribution in [0.2, 0.25) is 0 Å². The Bertz CT molecular complexity index is 492. The van der Waals surface area contributed by atoms with Crippen LogP contribution in [0.25, 0.3) is 10.2 Å². The first-order valence-corrected chi connectivity index (χ1v) is 4.81. The minimum atomic E-state index is -0.954. The van der Waals surface area contributed by atoms with Crippen molar-refractivity contribution in [3.05, 3.63) is 23.2 Å². The van der Waals surface area contributed by atoms with Gasteiger partial charge in [0.1, 0.15) is 5.75 Å². The topological polar surface area (TPSA) is 70.4 Å². The summed E-state index contributed by atoms with van der Waals surface area (Å²) in [4.78, 5) is 14.5. The molecule has 0 aliphatic heterocycles. The zero-order valence-electron chi connectivity index (χ0n) is 7.10. The molecule has 1 aromatic carbocycles. The fourth-order valence-electron chi connectivity index (χ4n) is 1.24. The van der Waals surface area contributed by atoms with Gasteiger partial charge in [0.05, 0.1) is 22.1 Å². The predicted molar refractivity (Wildman–Crippen MR) is 52.6 cm³/mol. The van der Waals surface area contributed by atoms with Crippen LogP contribution in [0.15, 0.2) is 17.6 Å². The molecule has 0 fully saturated rings. The molecule has 72 valence electrons. The highest BCUT2D eigenvalue weighted by Crippen LogP contribution is 2.26. The van der Waals surface area contributed by atoms with Crippen molar-refractivity contribution in [1.82, 2.24) is 4.98 Å². The van der Waals surface area contributed by atoms with Gasteiger partial charge < -0.3 is 10.2 Å². The Morgan fingerprint density at radius 3 is 3.00 bits per heavy atom. The summed E-state index contributed by atoms with van der Waals surface area (Å²) in [5.74, 6) is -0.963. The predicted octanol–water partition coefficient (Wildman–Crippen LogP) is 1.63. The van der Waals surface area contributed by atoms with Crippen molar-refractivity contribution in [3.63, 3.8) is 0 Å². The van der Waals surface area contributed by atoms with Crippen LogP contribution in [0.4, 0.5) is 0 Å². The summed E-state index contributed by atoms with van der Waals surface area (Å²) in [5, 5.41) is 18.1. The number of carboxylic acids is 1. The first kappa shape index (κ1) is 8.96. The number of carbonyl (C=O) groups is 1. The number of thiazole rings is 1. The van der Waals surface area contributed by atoms with Crippen LogP contribution in [-0.4, -0.2) is 21.2 Å². The number of hydrogen-bond donors (Lipinski definition) is 2. The molecule has 2 N–H and O–H groups in total. The number of aromatic nitrogens is 1. The molecule has 0 saturated heterocycles. The molecule has 0 aliphatic carbocycles. The lowest BCUT2D eigenvalue weighted by molar-refractivity contribution is -0.136. The van der Waals surface area contributed by atoms with Crippen LogP contribution in [0.3, 0.4) is 0 Å². The standard InChI is InChI=1S/C9H7NO3S/c11-7-3-6-8(14-4-10-6)1-5(7)2-9(12)13/h1,3-4,11H,2H2,(H,12,13). The Morgan fingerprint density at radius 1 is 1.50 bits per heavy atom. The molecule has 5 heteroatoms. The molecule has 0 bridgehead atoms. The number of fused-ring (bicyclic) bond motifs is 1. The number of benzene rings is 1. The molecular formula is C9H7NO3S. The summed E-state index contributed by atoms with van der Waals surface area (Å²) in [5.41, 5.74) is 2.78. The van der Waals surface area contributed by atoms with Crippen LogP contribution in [-0.2, 0) is 11.2 Å². The maximum atomic E-state index is 10.5. The van der Waals surface area contributed by atoms with E-state index in [0.717, 1.165) is 4.70 Å². The van der Waals surface area contributed by atoms with Crippen LogP contribution in [0.5, 0.6) is 5.75 Å². The van der Waals surface area contributed by atoms with Gasteiger partial charge in [-0.3, -0.25) is 4.79 Å². The van der Waals surface area contributed by atoms with E-state index in [4.69, 9.17) is 5.11 Å². The van der Waals surface area contributed by atoms with Crippen LogP contribution < -0.4 is 0 Å². The van der Waals surface area contributed by atoms with Gasteiger partial charge >= 0.3 is 5.97 Å². The van der Waals surface area contributed by atoms with Crippen LogP contribution in [0, 0.1) is 0 Å². The fourth-order valence-corrected chi connectivity index (χ4v) is 1.96. The first-order valence-electron chi connectivity index (χ1n) is 3.93. The molecule has 2 rings (SSSR count). The second kappa shape index (κ2) is 3.26. The third kappa shape index (κ3) is 1.54. The monoisotopic (exact) mass is 209 g/mol. The highest BCUT2D eigenvalue weighted by molar-refractivity contribution is 7.16. The summed E-state index contributed by atoms with van der Waals surface area (Å²) in [6.07, 6.45) is -0.167. The number of aliphatic carboxylic acids is 1. The van der Waals surface area contributed by atoms with E-state index in [1.165, 1.54) is 17.4 Å². The van der Waals surface area contributed by atoms with Gasteiger partial charge in [-0.05, 0) is 6.07 Å². The van der Waals surface area contributed by atoms with E-state index >= 15 is 0 Å². The lowest BCUT2D eigenvalue weighted by atomic mass is 10.1. The Labute approximate surface area is 83.5 Å². The summed E-state index contributed by atoms with van der Waals surface area (Å²) in [7, 11) is 0. The lowest BCUT2D eigenvalue weighted by Gasteiger charge is -2.00. The summed E-state index contributed by atoms with van der Waals surface area (Å²) >= 11 is 1.42. The Kier molecular flexibility index (Phi) is 2.09. The largest absolute Gasteiger partial charge is 0.508 e. The van der Waals surface area contributed by atoms with Crippen molar-refractivity contribution < 1.29 is 15.0 Å². The highest BCUT2D eigenvalue weighted by Gasteiger charge is 2.08. The van der Waals surface area contributed by atoms with Gasteiger partial charge in [0.2, 0.25) is 0 Å². The van der Waals surface area contributed by atoms with E-state index in [-0.39, 0.29) is 12.2 Å².